The first-order valence-corrected chi connectivity index (χ1v) is 8.37. The summed E-state index contributed by atoms with van der Waals surface area (Å²) in [6.45, 7) is 1.53. The molecule has 1 fully saturated rings. The van der Waals surface area contributed by atoms with E-state index in [1.807, 2.05) is 0 Å². The second-order valence-electron chi connectivity index (χ2n) is 7.02. The van der Waals surface area contributed by atoms with E-state index in [9.17, 15) is 0 Å². The Morgan fingerprint density at radius 2 is 2.23 bits per heavy atom. The number of allylic oxidation sites excluding steroid dienone is 1. The van der Waals surface area contributed by atoms with Crippen molar-refractivity contribution in [3.8, 4) is 5.75 Å². The van der Waals surface area contributed by atoms with Gasteiger partial charge < -0.3 is 14.4 Å². The van der Waals surface area contributed by atoms with Crippen molar-refractivity contribution in [1.82, 2.24) is 4.90 Å². The molecule has 3 nitrogen and oxygen atoms in total. The fourth-order valence-corrected chi connectivity index (χ4v) is 4.91. The number of nitrogens with zero attached hydrogens (tertiary/aromatic N) is 1. The van der Waals surface area contributed by atoms with Crippen LogP contribution in [0.4, 0.5) is 0 Å². The maximum absolute atomic E-state index is 5.71. The summed E-state index contributed by atoms with van der Waals surface area (Å²) in [6, 6.07) is 7.33. The molecule has 0 radical (unpaired) electrons. The number of rotatable bonds is 3. The van der Waals surface area contributed by atoms with Gasteiger partial charge in [-0.1, -0.05) is 18.2 Å². The SMILES string of the molecule is COCOc1ccc2c(c1)[C@@]13CCC=C[C@H]1[C@@H](C2)N(C)CC3. The van der Waals surface area contributed by atoms with Gasteiger partial charge in [-0.2, -0.15) is 0 Å². The van der Waals surface area contributed by atoms with E-state index in [2.05, 4.69) is 42.3 Å². The average molecular weight is 299 g/mol. The molecule has 0 amide bonds. The fraction of sp³-hybridized carbons (Fsp3) is 0.579. The lowest BCUT2D eigenvalue weighted by atomic mass is 9.54. The lowest BCUT2D eigenvalue weighted by Gasteiger charge is -2.56. The second kappa shape index (κ2) is 5.39. The minimum absolute atomic E-state index is 0.320. The Balaban J connectivity index is 1.79. The molecule has 1 saturated heterocycles. The topological polar surface area (TPSA) is 21.7 Å². The minimum Gasteiger partial charge on any atom is -0.468 e. The molecule has 1 heterocycles. The molecular weight excluding hydrogens is 274 g/mol. The molecule has 3 aliphatic rings. The van der Waals surface area contributed by atoms with Crippen LogP contribution < -0.4 is 4.74 Å². The van der Waals surface area contributed by atoms with E-state index < -0.39 is 0 Å². The van der Waals surface area contributed by atoms with E-state index in [4.69, 9.17) is 9.47 Å². The largest absolute Gasteiger partial charge is 0.468 e. The molecule has 2 aliphatic carbocycles. The van der Waals surface area contributed by atoms with Crippen molar-refractivity contribution in [3.63, 3.8) is 0 Å². The van der Waals surface area contributed by atoms with Crippen LogP contribution in [0.15, 0.2) is 30.4 Å². The second-order valence-corrected chi connectivity index (χ2v) is 7.02. The standard InChI is InChI=1S/C19H25NO2/c1-20-10-9-19-8-4-3-5-16(19)18(20)11-14-6-7-15(12-17(14)19)22-13-21-2/h3,5-7,12,16,18H,4,8-11,13H2,1-2H3/t16-,18+,19+/m0/s1. The first kappa shape index (κ1) is 14.3. The molecule has 1 aliphatic heterocycles. The summed E-state index contributed by atoms with van der Waals surface area (Å²) in [6.07, 6.45) is 9.79. The third kappa shape index (κ3) is 2.03. The Morgan fingerprint density at radius 3 is 3.09 bits per heavy atom. The summed E-state index contributed by atoms with van der Waals surface area (Å²) in [7, 11) is 3.96. The quantitative estimate of drug-likeness (QED) is 0.632. The van der Waals surface area contributed by atoms with Crippen LogP contribution in [-0.4, -0.2) is 38.4 Å². The van der Waals surface area contributed by atoms with Gasteiger partial charge in [-0.25, -0.2) is 0 Å². The highest BCUT2D eigenvalue weighted by molar-refractivity contribution is 5.47. The highest BCUT2D eigenvalue weighted by atomic mass is 16.7. The maximum atomic E-state index is 5.71. The van der Waals surface area contributed by atoms with E-state index in [0.717, 1.165) is 12.2 Å². The van der Waals surface area contributed by atoms with Gasteiger partial charge in [0.15, 0.2) is 6.79 Å². The monoisotopic (exact) mass is 299 g/mol. The summed E-state index contributed by atoms with van der Waals surface area (Å²) in [5, 5.41) is 0. The molecule has 0 N–H and O–H groups in total. The molecular formula is C19H25NO2. The zero-order valence-electron chi connectivity index (χ0n) is 13.5. The molecule has 0 spiro atoms. The van der Waals surface area contributed by atoms with Gasteiger partial charge in [0.25, 0.3) is 0 Å². The van der Waals surface area contributed by atoms with Crippen LogP contribution in [0.5, 0.6) is 5.75 Å². The number of piperidine rings is 1. The number of likely N-dealkylation sites (tertiary alicyclic amines) is 1. The van der Waals surface area contributed by atoms with E-state index in [1.165, 1.54) is 31.4 Å². The average Bonchev–Trinajstić information content (AvgIpc) is 2.56. The van der Waals surface area contributed by atoms with Crippen LogP contribution in [0.2, 0.25) is 0 Å². The van der Waals surface area contributed by atoms with Crippen molar-refractivity contribution in [2.45, 2.75) is 37.1 Å². The lowest BCUT2D eigenvalue weighted by Crippen LogP contribution is -2.58. The van der Waals surface area contributed by atoms with Gasteiger partial charge in [0.1, 0.15) is 5.75 Å². The molecule has 2 bridgehead atoms. The summed E-state index contributed by atoms with van der Waals surface area (Å²) in [5.74, 6) is 1.60. The Kier molecular flexibility index (Phi) is 3.50. The van der Waals surface area contributed by atoms with Gasteiger partial charge in [-0.15, -0.1) is 0 Å². The van der Waals surface area contributed by atoms with Crippen LogP contribution in [-0.2, 0) is 16.6 Å². The van der Waals surface area contributed by atoms with Crippen LogP contribution in [0.3, 0.4) is 0 Å². The molecule has 3 heteroatoms. The molecule has 4 rings (SSSR count). The zero-order valence-corrected chi connectivity index (χ0v) is 13.5. The van der Waals surface area contributed by atoms with Crippen LogP contribution in [0.1, 0.15) is 30.4 Å². The van der Waals surface area contributed by atoms with E-state index >= 15 is 0 Å². The smallest absolute Gasteiger partial charge is 0.188 e. The van der Waals surface area contributed by atoms with Crippen LogP contribution in [0.25, 0.3) is 0 Å². The minimum atomic E-state index is 0.320. The van der Waals surface area contributed by atoms with Crippen LogP contribution in [0, 0.1) is 5.92 Å². The van der Waals surface area contributed by atoms with Gasteiger partial charge in [0.05, 0.1) is 0 Å². The molecule has 0 saturated carbocycles. The summed E-state index contributed by atoms with van der Waals surface area (Å²) >= 11 is 0. The molecule has 0 unspecified atom stereocenters. The van der Waals surface area contributed by atoms with E-state index in [1.54, 1.807) is 12.7 Å². The summed E-state index contributed by atoms with van der Waals surface area (Å²) in [4.78, 5) is 2.57. The van der Waals surface area contributed by atoms with E-state index in [0.29, 0.717) is 24.2 Å². The molecule has 0 aromatic heterocycles. The van der Waals surface area contributed by atoms with Crippen molar-refractivity contribution >= 4 is 0 Å². The van der Waals surface area contributed by atoms with Gasteiger partial charge >= 0.3 is 0 Å². The number of methoxy groups -OCH3 is 1. The lowest BCUT2D eigenvalue weighted by molar-refractivity contribution is 0.0437. The Hall–Kier alpha value is -1.32. The van der Waals surface area contributed by atoms with Crippen molar-refractivity contribution in [3.05, 3.63) is 41.5 Å². The van der Waals surface area contributed by atoms with Crippen LogP contribution >= 0.6 is 0 Å². The Labute approximate surface area is 132 Å². The summed E-state index contributed by atoms with van der Waals surface area (Å²) in [5.41, 5.74) is 3.39. The van der Waals surface area contributed by atoms with Gasteiger partial charge in [0.2, 0.25) is 0 Å². The number of benzene rings is 1. The predicted molar refractivity (Wildman–Crippen MR) is 87.2 cm³/mol. The number of hydrogen-bond donors (Lipinski definition) is 0. The van der Waals surface area contributed by atoms with Gasteiger partial charge in [0, 0.05) is 24.5 Å². The Bertz CT molecular complexity index is 597. The molecule has 3 atom stereocenters. The zero-order chi connectivity index (χ0) is 15.2. The predicted octanol–water partition coefficient (Wildman–Crippen LogP) is 3.13. The first-order valence-electron chi connectivity index (χ1n) is 8.37. The third-order valence-corrected chi connectivity index (χ3v) is 6.02. The molecule has 118 valence electrons. The number of ether oxygens (including phenoxy) is 2. The van der Waals surface area contributed by atoms with E-state index in [-0.39, 0.29) is 0 Å². The fourth-order valence-electron chi connectivity index (χ4n) is 4.91. The van der Waals surface area contributed by atoms with Gasteiger partial charge in [-0.3, -0.25) is 0 Å². The van der Waals surface area contributed by atoms with Crippen molar-refractivity contribution in [1.29, 1.82) is 0 Å². The molecule has 22 heavy (non-hydrogen) atoms. The number of hydrogen-bond acceptors (Lipinski definition) is 3. The van der Waals surface area contributed by atoms with Crippen molar-refractivity contribution < 1.29 is 9.47 Å². The summed E-state index contributed by atoms with van der Waals surface area (Å²) < 4.78 is 10.8. The number of likely N-dealkylation sites (N-methyl/N-ethyl adjacent to an activating group) is 1. The van der Waals surface area contributed by atoms with Gasteiger partial charge in [-0.05, 0) is 62.5 Å². The highest BCUT2D eigenvalue weighted by Gasteiger charge is 2.51. The highest BCUT2D eigenvalue weighted by Crippen LogP contribution is 2.54. The Morgan fingerprint density at radius 1 is 1.32 bits per heavy atom. The van der Waals surface area contributed by atoms with Crippen molar-refractivity contribution in [2.75, 3.05) is 27.5 Å². The molecule has 1 aromatic rings. The molecule has 1 aromatic carbocycles. The third-order valence-electron chi connectivity index (χ3n) is 6.02. The first-order chi connectivity index (χ1) is 10.7. The van der Waals surface area contributed by atoms with Crippen molar-refractivity contribution in [2.24, 2.45) is 5.92 Å². The maximum Gasteiger partial charge on any atom is 0.188 e. The normalized spacial score (nSPS) is 33.2. The number of fused-ring (bicyclic) bond motifs is 1.